The number of carbonyl (C=O) groups is 1. The lowest BCUT2D eigenvalue weighted by Crippen LogP contribution is -2.52. The normalized spacial score (nSPS) is 18.6. The monoisotopic (exact) mass is 341 g/mol. The van der Waals surface area contributed by atoms with E-state index in [1.807, 2.05) is 31.2 Å². The van der Waals surface area contributed by atoms with Crippen LogP contribution in [0.15, 0.2) is 42.5 Å². The Morgan fingerprint density at radius 2 is 1.92 bits per heavy atom. The average molecular weight is 341 g/mol. The number of benzene rings is 2. The third-order valence-electron chi connectivity index (χ3n) is 5.00. The summed E-state index contributed by atoms with van der Waals surface area (Å²) >= 11 is 0. The van der Waals surface area contributed by atoms with Crippen LogP contribution < -0.4 is 4.74 Å². The van der Waals surface area contributed by atoms with E-state index >= 15 is 0 Å². The number of aryl methyl sites for hydroxylation is 1. The molecular weight excluding hydrogens is 321 g/mol. The van der Waals surface area contributed by atoms with E-state index in [1.54, 1.807) is 11.0 Å². The Labute approximate surface area is 146 Å². The summed E-state index contributed by atoms with van der Waals surface area (Å²) in [5.41, 5.74) is 2.25. The van der Waals surface area contributed by atoms with Crippen molar-refractivity contribution < 1.29 is 18.7 Å². The number of ether oxygens (including phenoxy) is 2. The van der Waals surface area contributed by atoms with Gasteiger partial charge in [0.1, 0.15) is 11.6 Å². The third kappa shape index (κ3) is 3.00. The van der Waals surface area contributed by atoms with Crippen molar-refractivity contribution in [3.8, 4) is 5.75 Å². The number of fused-ring (bicyclic) bond motifs is 1. The molecule has 0 saturated carbocycles. The average Bonchev–Trinajstić information content (AvgIpc) is 2.64. The van der Waals surface area contributed by atoms with E-state index in [1.165, 1.54) is 12.1 Å². The smallest absolute Gasteiger partial charge is 0.254 e. The van der Waals surface area contributed by atoms with Gasteiger partial charge in [-0.25, -0.2) is 4.39 Å². The van der Waals surface area contributed by atoms with Gasteiger partial charge in [-0.05, 0) is 30.7 Å². The van der Waals surface area contributed by atoms with Crippen LogP contribution in [0.3, 0.4) is 0 Å². The summed E-state index contributed by atoms with van der Waals surface area (Å²) in [5, 5.41) is 0. The molecule has 0 unspecified atom stereocenters. The van der Waals surface area contributed by atoms with E-state index in [2.05, 4.69) is 0 Å². The lowest BCUT2D eigenvalue weighted by molar-refractivity contribution is -0.225. The molecule has 1 spiro atoms. The molecule has 2 aliphatic heterocycles. The van der Waals surface area contributed by atoms with Gasteiger partial charge < -0.3 is 14.4 Å². The van der Waals surface area contributed by atoms with Crippen molar-refractivity contribution in [2.24, 2.45) is 0 Å². The SMILES string of the molecule is Cc1ccc(F)cc1C(=O)N1CCC2(CC1)OCc1ccccc1O2. The molecule has 2 aromatic carbocycles. The summed E-state index contributed by atoms with van der Waals surface area (Å²) in [6.07, 6.45) is 1.20. The van der Waals surface area contributed by atoms with Gasteiger partial charge in [-0.1, -0.05) is 24.3 Å². The number of amides is 1. The molecule has 130 valence electrons. The highest BCUT2D eigenvalue weighted by Crippen LogP contribution is 2.37. The maximum Gasteiger partial charge on any atom is 0.254 e. The zero-order valence-corrected chi connectivity index (χ0v) is 14.1. The van der Waals surface area contributed by atoms with Gasteiger partial charge in [0.15, 0.2) is 0 Å². The number of rotatable bonds is 1. The Bertz CT molecular complexity index is 812. The predicted octanol–water partition coefficient (Wildman–Crippen LogP) is 3.68. The van der Waals surface area contributed by atoms with Gasteiger partial charge in [-0.15, -0.1) is 0 Å². The highest BCUT2D eigenvalue weighted by Gasteiger charge is 2.42. The summed E-state index contributed by atoms with van der Waals surface area (Å²) in [7, 11) is 0. The van der Waals surface area contributed by atoms with Gasteiger partial charge in [0.2, 0.25) is 5.79 Å². The van der Waals surface area contributed by atoms with Gasteiger partial charge in [-0.2, -0.15) is 0 Å². The summed E-state index contributed by atoms with van der Waals surface area (Å²) < 4.78 is 25.6. The Morgan fingerprint density at radius 1 is 1.16 bits per heavy atom. The molecule has 0 aliphatic carbocycles. The first-order chi connectivity index (χ1) is 12.1. The van der Waals surface area contributed by atoms with Gasteiger partial charge in [0.05, 0.1) is 6.61 Å². The second-order valence-electron chi connectivity index (χ2n) is 6.66. The quantitative estimate of drug-likeness (QED) is 0.794. The van der Waals surface area contributed by atoms with E-state index in [-0.39, 0.29) is 5.91 Å². The molecule has 4 rings (SSSR count). The van der Waals surface area contributed by atoms with Gasteiger partial charge >= 0.3 is 0 Å². The summed E-state index contributed by atoms with van der Waals surface area (Å²) in [6.45, 7) is 3.39. The fourth-order valence-corrected chi connectivity index (χ4v) is 3.45. The minimum absolute atomic E-state index is 0.136. The summed E-state index contributed by atoms with van der Waals surface area (Å²) in [4.78, 5) is 14.5. The molecule has 0 atom stereocenters. The second kappa shape index (κ2) is 6.15. The van der Waals surface area contributed by atoms with E-state index in [4.69, 9.17) is 9.47 Å². The summed E-state index contributed by atoms with van der Waals surface area (Å²) in [5.74, 6) is -0.335. The molecular formula is C20H20FNO3. The Morgan fingerprint density at radius 3 is 2.72 bits per heavy atom. The molecule has 0 bridgehead atoms. The number of hydrogen-bond donors (Lipinski definition) is 0. The van der Waals surface area contributed by atoms with Crippen LogP contribution in [-0.2, 0) is 11.3 Å². The van der Waals surface area contributed by atoms with Crippen LogP contribution in [0.1, 0.15) is 34.3 Å². The Balaban J connectivity index is 1.47. The molecule has 25 heavy (non-hydrogen) atoms. The van der Waals surface area contributed by atoms with E-state index < -0.39 is 11.6 Å². The molecule has 2 aromatic rings. The third-order valence-corrected chi connectivity index (χ3v) is 5.00. The maximum absolute atomic E-state index is 13.5. The van der Waals surface area contributed by atoms with Crippen molar-refractivity contribution in [2.75, 3.05) is 13.1 Å². The number of piperidine rings is 1. The zero-order valence-electron chi connectivity index (χ0n) is 14.1. The lowest BCUT2D eigenvalue weighted by Gasteiger charge is -2.44. The first-order valence-electron chi connectivity index (χ1n) is 8.53. The van der Waals surface area contributed by atoms with Crippen LogP contribution in [0, 0.1) is 12.7 Å². The number of para-hydroxylation sites is 1. The molecule has 0 aromatic heterocycles. The minimum atomic E-state index is -0.665. The van der Waals surface area contributed by atoms with Crippen LogP contribution in [0.4, 0.5) is 4.39 Å². The van der Waals surface area contributed by atoms with Crippen molar-refractivity contribution in [3.05, 3.63) is 65.0 Å². The van der Waals surface area contributed by atoms with Crippen molar-refractivity contribution in [2.45, 2.75) is 32.2 Å². The van der Waals surface area contributed by atoms with Crippen molar-refractivity contribution in [1.82, 2.24) is 4.90 Å². The minimum Gasteiger partial charge on any atom is -0.462 e. The van der Waals surface area contributed by atoms with E-state index in [0.717, 1.165) is 16.9 Å². The Hall–Kier alpha value is -2.40. The molecule has 5 heteroatoms. The van der Waals surface area contributed by atoms with Crippen LogP contribution in [0.5, 0.6) is 5.75 Å². The Kier molecular flexibility index (Phi) is 3.96. The molecule has 0 N–H and O–H groups in total. The summed E-state index contributed by atoms with van der Waals surface area (Å²) in [6, 6.07) is 12.2. The maximum atomic E-state index is 13.5. The zero-order chi connectivity index (χ0) is 17.4. The number of nitrogens with zero attached hydrogens (tertiary/aromatic N) is 1. The molecule has 4 nitrogen and oxygen atoms in total. The van der Waals surface area contributed by atoms with Crippen LogP contribution in [-0.4, -0.2) is 29.7 Å². The molecule has 0 radical (unpaired) electrons. The van der Waals surface area contributed by atoms with Crippen molar-refractivity contribution >= 4 is 5.91 Å². The first kappa shape index (κ1) is 16.1. The van der Waals surface area contributed by atoms with Crippen LogP contribution in [0.2, 0.25) is 0 Å². The number of carbonyl (C=O) groups excluding carboxylic acids is 1. The fourth-order valence-electron chi connectivity index (χ4n) is 3.45. The molecule has 1 fully saturated rings. The number of halogens is 1. The van der Waals surface area contributed by atoms with Crippen LogP contribution in [0.25, 0.3) is 0 Å². The van der Waals surface area contributed by atoms with Crippen molar-refractivity contribution in [1.29, 1.82) is 0 Å². The predicted molar refractivity (Wildman–Crippen MR) is 90.9 cm³/mol. The van der Waals surface area contributed by atoms with Crippen LogP contribution >= 0.6 is 0 Å². The first-order valence-corrected chi connectivity index (χ1v) is 8.53. The molecule has 2 aliphatic rings. The lowest BCUT2D eigenvalue weighted by atomic mass is 9.99. The van der Waals surface area contributed by atoms with E-state index in [0.29, 0.717) is 38.1 Å². The topological polar surface area (TPSA) is 38.8 Å². The largest absolute Gasteiger partial charge is 0.462 e. The fraction of sp³-hybridized carbons (Fsp3) is 0.350. The van der Waals surface area contributed by atoms with Gasteiger partial charge in [-0.3, -0.25) is 4.79 Å². The highest BCUT2D eigenvalue weighted by atomic mass is 19.1. The number of likely N-dealkylation sites (tertiary alicyclic amines) is 1. The molecule has 2 heterocycles. The number of hydrogen-bond acceptors (Lipinski definition) is 3. The standard InChI is InChI=1S/C20H20FNO3/c1-14-6-7-16(21)12-17(14)19(23)22-10-8-20(9-11-22)24-13-15-4-2-3-5-18(15)25-20/h2-7,12H,8-11,13H2,1H3. The van der Waals surface area contributed by atoms with Gasteiger partial charge in [0.25, 0.3) is 5.91 Å². The molecule has 1 saturated heterocycles. The second-order valence-corrected chi connectivity index (χ2v) is 6.66. The van der Waals surface area contributed by atoms with Gasteiger partial charge in [0, 0.05) is 37.1 Å². The highest BCUT2D eigenvalue weighted by molar-refractivity contribution is 5.95. The van der Waals surface area contributed by atoms with Crippen molar-refractivity contribution in [3.63, 3.8) is 0 Å². The van der Waals surface area contributed by atoms with E-state index in [9.17, 15) is 9.18 Å². The molecule has 1 amide bonds.